The highest BCUT2D eigenvalue weighted by Crippen LogP contribution is 2.30. The Labute approximate surface area is 134 Å². The number of rotatable bonds is 5. The molecule has 0 saturated carbocycles. The summed E-state index contributed by atoms with van der Waals surface area (Å²) in [6, 6.07) is 4.16. The Morgan fingerprint density at radius 1 is 1.30 bits per heavy atom. The Balaban J connectivity index is 1.99. The van der Waals surface area contributed by atoms with Crippen LogP contribution in [-0.2, 0) is 16.2 Å². The number of hydrogen-bond donors (Lipinski definition) is 1. The summed E-state index contributed by atoms with van der Waals surface area (Å²) in [7, 11) is -3.94. The molecule has 1 aromatic carbocycles. The fourth-order valence-electron chi connectivity index (χ4n) is 2.94. The minimum atomic E-state index is -4.56. The second-order valence-electron chi connectivity index (χ2n) is 6.11. The lowest BCUT2D eigenvalue weighted by Gasteiger charge is -2.21. The number of benzene rings is 1. The summed E-state index contributed by atoms with van der Waals surface area (Å²) in [6.45, 7) is 5.86. The standard InChI is InChI=1S/C15H21F3N2O2S/c1-11-8-12(2)20(10-11)7-6-19-23(21,22)14-5-3-4-13(9-14)15(16,17)18/h3-5,9,11-12,19H,6-8,10H2,1-2H3. The van der Waals surface area contributed by atoms with Gasteiger partial charge in [0.2, 0.25) is 10.0 Å². The van der Waals surface area contributed by atoms with Crippen molar-refractivity contribution in [1.82, 2.24) is 9.62 Å². The van der Waals surface area contributed by atoms with E-state index in [1.54, 1.807) is 0 Å². The molecule has 2 atom stereocenters. The van der Waals surface area contributed by atoms with Crippen molar-refractivity contribution in [1.29, 1.82) is 0 Å². The molecule has 130 valence electrons. The van der Waals surface area contributed by atoms with Gasteiger partial charge in [-0.15, -0.1) is 0 Å². The summed E-state index contributed by atoms with van der Waals surface area (Å²) in [6.07, 6.45) is -3.49. The summed E-state index contributed by atoms with van der Waals surface area (Å²) in [4.78, 5) is 1.81. The van der Waals surface area contributed by atoms with Gasteiger partial charge >= 0.3 is 6.18 Å². The molecule has 4 nitrogen and oxygen atoms in total. The number of likely N-dealkylation sites (tertiary alicyclic amines) is 1. The molecule has 23 heavy (non-hydrogen) atoms. The van der Waals surface area contributed by atoms with Crippen LogP contribution in [0.5, 0.6) is 0 Å². The van der Waals surface area contributed by atoms with Gasteiger partial charge in [-0.1, -0.05) is 13.0 Å². The van der Waals surface area contributed by atoms with E-state index < -0.39 is 21.8 Å². The van der Waals surface area contributed by atoms with Crippen LogP contribution in [0.4, 0.5) is 13.2 Å². The fourth-order valence-corrected chi connectivity index (χ4v) is 4.01. The Morgan fingerprint density at radius 3 is 2.57 bits per heavy atom. The van der Waals surface area contributed by atoms with Crippen LogP contribution in [0.25, 0.3) is 0 Å². The minimum absolute atomic E-state index is 0.176. The lowest BCUT2D eigenvalue weighted by Crippen LogP contribution is -2.36. The average molecular weight is 350 g/mol. The summed E-state index contributed by atoms with van der Waals surface area (Å²) in [5.74, 6) is 0.574. The first-order chi connectivity index (χ1) is 10.6. The molecule has 1 heterocycles. The maximum atomic E-state index is 12.7. The monoisotopic (exact) mass is 350 g/mol. The summed E-state index contributed by atoms with van der Waals surface area (Å²) in [5.41, 5.74) is -0.970. The second kappa shape index (κ2) is 6.78. The van der Waals surface area contributed by atoms with Crippen molar-refractivity contribution < 1.29 is 21.6 Å². The Kier molecular flexibility index (Phi) is 5.37. The molecule has 0 radical (unpaired) electrons. The van der Waals surface area contributed by atoms with Gasteiger partial charge in [-0.3, -0.25) is 4.90 Å². The SMILES string of the molecule is CC1CC(C)N(CCNS(=O)(=O)c2cccc(C(F)(F)F)c2)C1. The fraction of sp³-hybridized carbons (Fsp3) is 0.600. The van der Waals surface area contributed by atoms with E-state index in [0.717, 1.165) is 31.2 Å². The summed E-state index contributed by atoms with van der Waals surface area (Å²) < 4.78 is 64.7. The smallest absolute Gasteiger partial charge is 0.299 e. The van der Waals surface area contributed by atoms with Gasteiger partial charge in [0.1, 0.15) is 0 Å². The Bertz CT molecular complexity index is 646. The molecular formula is C15H21F3N2O2S. The Hall–Kier alpha value is -1.12. The Morgan fingerprint density at radius 2 is 2.00 bits per heavy atom. The first-order valence-corrected chi connectivity index (χ1v) is 8.99. The van der Waals surface area contributed by atoms with Crippen molar-refractivity contribution >= 4 is 10.0 Å². The zero-order chi connectivity index (χ0) is 17.3. The molecule has 8 heteroatoms. The van der Waals surface area contributed by atoms with Gasteiger partial charge in [0, 0.05) is 25.7 Å². The third kappa shape index (κ3) is 4.68. The van der Waals surface area contributed by atoms with Crippen LogP contribution in [0.3, 0.4) is 0 Å². The van der Waals surface area contributed by atoms with E-state index in [1.165, 1.54) is 0 Å². The van der Waals surface area contributed by atoms with E-state index in [1.807, 2.05) is 0 Å². The normalized spacial score (nSPS) is 23.3. The van der Waals surface area contributed by atoms with Crippen molar-refractivity contribution in [2.75, 3.05) is 19.6 Å². The number of alkyl halides is 3. The zero-order valence-corrected chi connectivity index (χ0v) is 13.9. The molecular weight excluding hydrogens is 329 g/mol. The van der Waals surface area contributed by atoms with E-state index in [-0.39, 0.29) is 11.4 Å². The lowest BCUT2D eigenvalue weighted by atomic mass is 10.1. The molecule has 1 saturated heterocycles. The average Bonchev–Trinajstić information content (AvgIpc) is 2.76. The van der Waals surface area contributed by atoms with E-state index in [4.69, 9.17) is 0 Å². The molecule has 1 fully saturated rings. The van der Waals surface area contributed by atoms with Gasteiger partial charge in [0.05, 0.1) is 10.5 Å². The van der Waals surface area contributed by atoms with Crippen molar-refractivity contribution in [2.24, 2.45) is 5.92 Å². The van der Waals surface area contributed by atoms with Crippen LogP contribution >= 0.6 is 0 Å². The van der Waals surface area contributed by atoms with E-state index >= 15 is 0 Å². The van der Waals surface area contributed by atoms with Crippen LogP contribution in [0.2, 0.25) is 0 Å². The third-order valence-electron chi connectivity index (χ3n) is 4.08. The van der Waals surface area contributed by atoms with Crippen LogP contribution in [-0.4, -0.2) is 39.0 Å². The van der Waals surface area contributed by atoms with Crippen LogP contribution in [0.1, 0.15) is 25.8 Å². The minimum Gasteiger partial charge on any atom is -0.299 e. The topological polar surface area (TPSA) is 49.4 Å². The molecule has 0 aliphatic carbocycles. The molecule has 0 aromatic heterocycles. The molecule has 2 unspecified atom stereocenters. The first kappa shape index (κ1) is 18.2. The number of hydrogen-bond acceptors (Lipinski definition) is 3. The molecule has 2 rings (SSSR count). The number of nitrogens with one attached hydrogen (secondary N) is 1. The van der Waals surface area contributed by atoms with Crippen LogP contribution in [0, 0.1) is 5.92 Å². The molecule has 0 amide bonds. The van der Waals surface area contributed by atoms with Crippen molar-refractivity contribution in [3.05, 3.63) is 29.8 Å². The molecule has 1 aliphatic rings. The van der Waals surface area contributed by atoms with Gasteiger partial charge in [0.25, 0.3) is 0 Å². The van der Waals surface area contributed by atoms with Gasteiger partial charge in [0.15, 0.2) is 0 Å². The highest BCUT2D eigenvalue weighted by atomic mass is 32.2. The highest BCUT2D eigenvalue weighted by molar-refractivity contribution is 7.89. The van der Waals surface area contributed by atoms with Gasteiger partial charge in [-0.2, -0.15) is 13.2 Å². The molecule has 0 bridgehead atoms. The molecule has 1 aliphatic heterocycles. The maximum Gasteiger partial charge on any atom is 0.416 e. The van der Waals surface area contributed by atoms with Gasteiger partial charge in [-0.05, 0) is 37.5 Å². The van der Waals surface area contributed by atoms with Crippen molar-refractivity contribution in [3.63, 3.8) is 0 Å². The maximum absolute atomic E-state index is 12.7. The zero-order valence-electron chi connectivity index (χ0n) is 13.1. The number of nitrogens with zero attached hydrogens (tertiary/aromatic N) is 1. The highest BCUT2D eigenvalue weighted by Gasteiger charge is 2.31. The van der Waals surface area contributed by atoms with Crippen LogP contribution < -0.4 is 4.72 Å². The van der Waals surface area contributed by atoms with Crippen molar-refractivity contribution in [2.45, 2.75) is 37.4 Å². The third-order valence-corrected chi connectivity index (χ3v) is 5.53. The lowest BCUT2D eigenvalue weighted by molar-refractivity contribution is -0.137. The molecule has 1 aromatic rings. The van der Waals surface area contributed by atoms with E-state index in [2.05, 4.69) is 23.5 Å². The number of halogens is 3. The predicted octanol–water partition coefficient (Wildman–Crippen LogP) is 2.71. The summed E-state index contributed by atoms with van der Waals surface area (Å²) >= 11 is 0. The van der Waals surface area contributed by atoms with E-state index in [9.17, 15) is 21.6 Å². The van der Waals surface area contributed by atoms with Crippen molar-refractivity contribution in [3.8, 4) is 0 Å². The molecule has 1 N–H and O–H groups in total. The van der Waals surface area contributed by atoms with Crippen LogP contribution in [0.15, 0.2) is 29.2 Å². The quantitative estimate of drug-likeness (QED) is 0.888. The van der Waals surface area contributed by atoms with Gasteiger partial charge in [-0.25, -0.2) is 13.1 Å². The predicted molar refractivity (Wildman–Crippen MR) is 81.4 cm³/mol. The second-order valence-corrected chi connectivity index (χ2v) is 7.88. The molecule has 0 spiro atoms. The summed E-state index contributed by atoms with van der Waals surface area (Å²) in [5, 5.41) is 0. The van der Waals surface area contributed by atoms with E-state index in [0.29, 0.717) is 24.6 Å². The number of sulfonamides is 1. The largest absolute Gasteiger partial charge is 0.416 e. The van der Waals surface area contributed by atoms with Gasteiger partial charge < -0.3 is 0 Å². The first-order valence-electron chi connectivity index (χ1n) is 7.50.